The zero-order valence-corrected chi connectivity index (χ0v) is 19.6. The molecule has 11 heteroatoms. The van der Waals surface area contributed by atoms with Gasteiger partial charge in [-0.1, -0.05) is 41.9 Å². The van der Waals surface area contributed by atoms with Crippen LogP contribution in [0.5, 0.6) is 0 Å². The van der Waals surface area contributed by atoms with E-state index >= 15 is 0 Å². The van der Waals surface area contributed by atoms with Gasteiger partial charge in [0.2, 0.25) is 5.91 Å². The molecule has 3 rings (SSSR count). The Labute approximate surface area is 201 Å². The van der Waals surface area contributed by atoms with Gasteiger partial charge in [-0.15, -0.1) is 0 Å². The van der Waals surface area contributed by atoms with E-state index in [9.17, 15) is 14.4 Å². The third kappa shape index (κ3) is 6.79. The van der Waals surface area contributed by atoms with Gasteiger partial charge in [0.05, 0.1) is 5.02 Å². The molecule has 0 spiro atoms. The van der Waals surface area contributed by atoms with Crippen LogP contribution in [0.3, 0.4) is 0 Å². The molecular formula is C23H26ClN7O3. The minimum absolute atomic E-state index is 0.0530. The van der Waals surface area contributed by atoms with Crippen LogP contribution in [0, 0.1) is 6.92 Å². The maximum atomic E-state index is 12.3. The average Bonchev–Trinajstić information content (AvgIpc) is 2.83. The minimum Gasteiger partial charge on any atom is -0.368 e. The Balaban J connectivity index is 1.69. The second kappa shape index (κ2) is 11.8. The number of halogens is 1. The van der Waals surface area contributed by atoms with Crippen LogP contribution in [-0.2, 0) is 4.79 Å². The van der Waals surface area contributed by atoms with Gasteiger partial charge in [-0.2, -0.15) is 0 Å². The van der Waals surface area contributed by atoms with Crippen molar-refractivity contribution >= 4 is 35.1 Å². The predicted molar refractivity (Wildman–Crippen MR) is 132 cm³/mol. The molecule has 0 fully saturated rings. The minimum atomic E-state index is -0.518. The van der Waals surface area contributed by atoms with Crippen molar-refractivity contribution in [3.8, 4) is 11.4 Å². The first-order valence-corrected chi connectivity index (χ1v) is 11.1. The van der Waals surface area contributed by atoms with Crippen molar-refractivity contribution in [1.29, 1.82) is 0 Å². The SMILES string of the molecule is CC(=O)NCCNc1nc(-c2ccccc2)nc(NCCNC(=O)c2cc(Cl)c[nH]c2=O)c1C. The zero-order valence-electron chi connectivity index (χ0n) is 18.9. The number of aromatic nitrogens is 3. The maximum Gasteiger partial charge on any atom is 0.260 e. The Kier molecular flexibility index (Phi) is 8.58. The van der Waals surface area contributed by atoms with E-state index < -0.39 is 11.5 Å². The van der Waals surface area contributed by atoms with Gasteiger partial charge in [-0.05, 0) is 13.0 Å². The summed E-state index contributed by atoms with van der Waals surface area (Å²) in [6.45, 7) is 4.91. The second-order valence-electron chi connectivity index (χ2n) is 7.39. The van der Waals surface area contributed by atoms with Crippen LogP contribution in [-0.4, -0.2) is 52.9 Å². The Morgan fingerprint density at radius 1 is 0.971 bits per heavy atom. The van der Waals surface area contributed by atoms with Crippen molar-refractivity contribution < 1.29 is 9.59 Å². The van der Waals surface area contributed by atoms with E-state index in [0.717, 1.165) is 11.1 Å². The number of nitrogens with zero attached hydrogens (tertiary/aromatic N) is 2. The molecule has 0 aliphatic rings. The molecule has 0 atom stereocenters. The van der Waals surface area contributed by atoms with Crippen LogP contribution >= 0.6 is 11.6 Å². The van der Waals surface area contributed by atoms with Gasteiger partial charge in [-0.3, -0.25) is 14.4 Å². The molecule has 5 N–H and O–H groups in total. The van der Waals surface area contributed by atoms with Crippen LogP contribution in [0.1, 0.15) is 22.8 Å². The fourth-order valence-electron chi connectivity index (χ4n) is 3.07. The molecule has 2 aromatic heterocycles. The quantitative estimate of drug-likeness (QED) is 0.278. The van der Waals surface area contributed by atoms with Crippen LogP contribution in [0.4, 0.5) is 11.6 Å². The molecule has 0 saturated carbocycles. The van der Waals surface area contributed by atoms with Gasteiger partial charge in [0.1, 0.15) is 17.2 Å². The summed E-state index contributed by atoms with van der Waals surface area (Å²) < 4.78 is 0. The highest BCUT2D eigenvalue weighted by molar-refractivity contribution is 6.30. The summed E-state index contributed by atoms with van der Waals surface area (Å²) in [4.78, 5) is 46.9. The third-order valence-corrected chi connectivity index (χ3v) is 5.00. The number of benzene rings is 1. The number of hydrogen-bond acceptors (Lipinski definition) is 7. The number of anilines is 2. The number of pyridine rings is 1. The summed E-state index contributed by atoms with van der Waals surface area (Å²) in [5, 5.41) is 12.1. The van der Waals surface area contributed by atoms with E-state index in [1.165, 1.54) is 19.2 Å². The van der Waals surface area contributed by atoms with Crippen molar-refractivity contribution in [2.24, 2.45) is 0 Å². The lowest BCUT2D eigenvalue weighted by atomic mass is 10.2. The van der Waals surface area contributed by atoms with Crippen LogP contribution < -0.4 is 26.8 Å². The summed E-state index contributed by atoms with van der Waals surface area (Å²) in [5.41, 5.74) is 1.08. The van der Waals surface area contributed by atoms with E-state index in [1.54, 1.807) is 0 Å². The number of aromatic amines is 1. The van der Waals surface area contributed by atoms with Gasteiger partial charge in [-0.25, -0.2) is 9.97 Å². The molecule has 178 valence electrons. The molecule has 10 nitrogen and oxygen atoms in total. The fourth-order valence-corrected chi connectivity index (χ4v) is 3.24. The zero-order chi connectivity index (χ0) is 24.5. The van der Waals surface area contributed by atoms with E-state index in [0.29, 0.717) is 37.1 Å². The molecule has 34 heavy (non-hydrogen) atoms. The van der Waals surface area contributed by atoms with Gasteiger partial charge >= 0.3 is 0 Å². The van der Waals surface area contributed by atoms with E-state index in [2.05, 4.69) is 36.2 Å². The van der Waals surface area contributed by atoms with Crippen LogP contribution in [0.2, 0.25) is 5.02 Å². The Hall–Kier alpha value is -3.92. The standard InChI is InChI=1S/C23H26ClN7O3/c1-14-19(26-9-8-25-15(2)32)30-21(16-6-4-3-5-7-16)31-20(14)27-10-11-28-22(33)18-12-17(24)13-29-23(18)34/h3-7,12-13H,8-11H2,1-2H3,(H,25,32)(H,28,33)(H,29,34)(H2,26,27,30,31). The monoisotopic (exact) mass is 483 g/mol. The van der Waals surface area contributed by atoms with Gasteiger partial charge in [0.25, 0.3) is 11.5 Å². The summed E-state index contributed by atoms with van der Waals surface area (Å²) in [6, 6.07) is 10.9. The highest BCUT2D eigenvalue weighted by Gasteiger charge is 2.13. The van der Waals surface area contributed by atoms with E-state index in [4.69, 9.17) is 11.6 Å². The molecule has 0 radical (unpaired) electrons. The van der Waals surface area contributed by atoms with Crippen molar-refractivity contribution in [3.05, 3.63) is 69.1 Å². The Morgan fingerprint density at radius 3 is 2.21 bits per heavy atom. The van der Waals surface area contributed by atoms with Gasteiger partial charge in [0.15, 0.2) is 5.82 Å². The molecule has 3 aromatic rings. The summed E-state index contributed by atoms with van der Waals surface area (Å²) in [5.74, 6) is 1.15. The molecule has 1 aromatic carbocycles. The normalized spacial score (nSPS) is 10.4. The lowest BCUT2D eigenvalue weighted by molar-refractivity contribution is -0.118. The topological polar surface area (TPSA) is 141 Å². The van der Waals surface area contributed by atoms with E-state index in [1.807, 2.05) is 37.3 Å². The number of nitrogens with one attached hydrogen (secondary N) is 5. The van der Waals surface area contributed by atoms with Crippen LogP contribution in [0.15, 0.2) is 47.4 Å². The summed E-state index contributed by atoms with van der Waals surface area (Å²) >= 11 is 5.86. The first kappa shape index (κ1) is 24.7. The maximum absolute atomic E-state index is 12.3. The number of carbonyl (C=O) groups excluding carboxylic acids is 2. The fraction of sp³-hybridized carbons (Fsp3) is 0.261. The highest BCUT2D eigenvalue weighted by atomic mass is 35.5. The number of amides is 2. The molecule has 0 aliphatic heterocycles. The lowest BCUT2D eigenvalue weighted by Gasteiger charge is -2.16. The van der Waals surface area contributed by atoms with Gasteiger partial charge in [0, 0.05) is 50.4 Å². The predicted octanol–water partition coefficient (Wildman–Crippen LogP) is 2.18. The van der Waals surface area contributed by atoms with Crippen molar-refractivity contribution in [2.45, 2.75) is 13.8 Å². The largest absolute Gasteiger partial charge is 0.368 e. The smallest absolute Gasteiger partial charge is 0.260 e. The first-order valence-electron chi connectivity index (χ1n) is 10.7. The molecule has 0 unspecified atom stereocenters. The molecule has 2 heterocycles. The molecular weight excluding hydrogens is 458 g/mol. The van der Waals surface area contributed by atoms with Gasteiger partial charge < -0.3 is 26.3 Å². The number of rotatable bonds is 10. The Morgan fingerprint density at radius 2 is 1.59 bits per heavy atom. The van der Waals surface area contributed by atoms with E-state index in [-0.39, 0.29) is 23.0 Å². The Bertz CT molecular complexity index is 1210. The van der Waals surface area contributed by atoms with Crippen molar-refractivity contribution in [2.75, 3.05) is 36.8 Å². The van der Waals surface area contributed by atoms with Crippen molar-refractivity contribution in [1.82, 2.24) is 25.6 Å². The average molecular weight is 484 g/mol. The second-order valence-corrected chi connectivity index (χ2v) is 7.83. The summed E-state index contributed by atoms with van der Waals surface area (Å²) in [6.07, 6.45) is 1.33. The molecule has 0 aliphatic carbocycles. The molecule has 0 saturated heterocycles. The molecule has 0 bridgehead atoms. The van der Waals surface area contributed by atoms with Crippen molar-refractivity contribution in [3.63, 3.8) is 0 Å². The third-order valence-electron chi connectivity index (χ3n) is 4.78. The highest BCUT2D eigenvalue weighted by Crippen LogP contribution is 2.24. The lowest BCUT2D eigenvalue weighted by Crippen LogP contribution is -2.33. The number of carbonyl (C=O) groups is 2. The molecule has 2 amide bonds. The number of H-pyrrole nitrogens is 1. The number of hydrogen-bond donors (Lipinski definition) is 5. The summed E-state index contributed by atoms with van der Waals surface area (Å²) in [7, 11) is 0. The first-order chi connectivity index (χ1) is 16.3. The van der Waals surface area contributed by atoms with Crippen LogP contribution in [0.25, 0.3) is 11.4 Å².